The van der Waals surface area contributed by atoms with E-state index in [2.05, 4.69) is 23.9 Å². The average molecular weight is 435 g/mol. The number of rotatable bonds is 7. The fraction of sp³-hybridized carbons (Fsp3) is 0.962. The summed E-state index contributed by atoms with van der Waals surface area (Å²) >= 11 is 0. The third-order valence-corrected chi connectivity index (χ3v) is 10.4. The van der Waals surface area contributed by atoms with Crippen LogP contribution in [0.5, 0.6) is 0 Å². The van der Waals surface area contributed by atoms with Gasteiger partial charge in [-0.25, -0.2) is 0 Å². The molecule has 5 heteroatoms. The van der Waals surface area contributed by atoms with E-state index in [-0.39, 0.29) is 11.5 Å². The lowest BCUT2D eigenvalue weighted by Gasteiger charge is -2.63. The van der Waals surface area contributed by atoms with Gasteiger partial charge in [-0.2, -0.15) is 0 Å². The van der Waals surface area contributed by atoms with Crippen LogP contribution in [-0.2, 0) is 4.84 Å². The van der Waals surface area contributed by atoms with E-state index in [1.54, 1.807) is 0 Å². The van der Waals surface area contributed by atoms with Gasteiger partial charge in [0.2, 0.25) is 0 Å². The number of aliphatic hydroxyl groups excluding tert-OH is 1. The van der Waals surface area contributed by atoms with Crippen LogP contribution in [0.3, 0.4) is 0 Å². The molecule has 0 aromatic carbocycles. The fourth-order valence-corrected chi connectivity index (χ4v) is 8.43. The Hall–Kier alpha value is -0.650. The molecule has 8 atom stereocenters. The molecular weight excluding hydrogens is 388 g/mol. The van der Waals surface area contributed by atoms with Crippen molar-refractivity contribution in [1.29, 1.82) is 0 Å². The second-order valence-corrected chi connectivity index (χ2v) is 12.0. The molecule has 2 N–H and O–H groups in total. The summed E-state index contributed by atoms with van der Waals surface area (Å²) in [6.07, 6.45) is 13.8. The summed E-state index contributed by atoms with van der Waals surface area (Å²) in [6, 6.07) is 0. The zero-order valence-electron chi connectivity index (χ0n) is 20.4. The van der Waals surface area contributed by atoms with Crippen molar-refractivity contribution in [1.82, 2.24) is 4.90 Å². The van der Waals surface area contributed by atoms with E-state index < -0.39 is 5.60 Å². The van der Waals surface area contributed by atoms with Gasteiger partial charge in [0.25, 0.3) is 0 Å². The van der Waals surface area contributed by atoms with Gasteiger partial charge in [0.15, 0.2) is 0 Å². The Morgan fingerprint density at radius 1 is 1.03 bits per heavy atom. The number of hydrogen-bond acceptors (Lipinski definition) is 5. The molecule has 4 aliphatic carbocycles. The van der Waals surface area contributed by atoms with Gasteiger partial charge >= 0.3 is 0 Å². The van der Waals surface area contributed by atoms with E-state index in [4.69, 9.17) is 4.84 Å². The Bertz CT molecular complexity index is 655. The van der Waals surface area contributed by atoms with Gasteiger partial charge in [-0.05, 0) is 119 Å². The van der Waals surface area contributed by atoms with Crippen molar-refractivity contribution in [3.05, 3.63) is 0 Å². The minimum Gasteiger partial charge on any atom is -0.395 e. The van der Waals surface area contributed by atoms with Crippen molar-refractivity contribution in [2.45, 2.75) is 96.2 Å². The third-order valence-electron chi connectivity index (χ3n) is 10.4. The van der Waals surface area contributed by atoms with Crippen LogP contribution < -0.4 is 0 Å². The predicted molar refractivity (Wildman–Crippen MR) is 125 cm³/mol. The summed E-state index contributed by atoms with van der Waals surface area (Å²) in [6.45, 7) is 6.40. The molecule has 31 heavy (non-hydrogen) atoms. The smallest absolute Gasteiger partial charge is 0.129 e. The first-order valence-electron chi connectivity index (χ1n) is 12.9. The maximum absolute atomic E-state index is 12.2. The average Bonchev–Trinajstić information content (AvgIpc) is 2.99. The van der Waals surface area contributed by atoms with E-state index in [9.17, 15) is 10.2 Å². The maximum Gasteiger partial charge on any atom is 0.129 e. The molecule has 0 unspecified atom stereocenters. The Kier molecular flexibility index (Phi) is 6.78. The topological polar surface area (TPSA) is 65.3 Å². The highest BCUT2D eigenvalue weighted by molar-refractivity contribution is 5.56. The van der Waals surface area contributed by atoms with Gasteiger partial charge in [-0.3, -0.25) is 0 Å². The number of likely N-dealkylation sites (N-methyl/N-ethyl adjacent to an activating group) is 1. The lowest BCUT2D eigenvalue weighted by molar-refractivity contribution is -0.210. The molecule has 0 spiro atoms. The van der Waals surface area contributed by atoms with Crippen molar-refractivity contribution >= 4 is 6.21 Å². The lowest BCUT2D eigenvalue weighted by atomic mass is 9.43. The minimum atomic E-state index is -0.510. The highest BCUT2D eigenvalue weighted by atomic mass is 16.6. The summed E-state index contributed by atoms with van der Waals surface area (Å²) < 4.78 is 0. The Morgan fingerprint density at radius 3 is 2.61 bits per heavy atom. The molecule has 0 radical (unpaired) electrons. The zero-order valence-corrected chi connectivity index (χ0v) is 20.4. The third kappa shape index (κ3) is 4.08. The highest BCUT2D eigenvalue weighted by Gasteiger charge is 2.66. The quantitative estimate of drug-likeness (QED) is 0.353. The molecular formula is C26H46N2O3. The molecule has 0 aromatic rings. The molecule has 0 aromatic heterocycles. The van der Waals surface area contributed by atoms with Crippen LogP contribution >= 0.6 is 0 Å². The first-order chi connectivity index (χ1) is 14.7. The van der Waals surface area contributed by atoms with Crippen molar-refractivity contribution in [3.63, 3.8) is 0 Å². The van der Waals surface area contributed by atoms with Crippen LogP contribution in [0.1, 0.15) is 84.5 Å². The molecule has 5 nitrogen and oxygen atoms in total. The first kappa shape index (κ1) is 23.5. The molecule has 0 heterocycles. The highest BCUT2D eigenvalue weighted by Crippen LogP contribution is 2.69. The molecule has 178 valence electrons. The van der Waals surface area contributed by atoms with Gasteiger partial charge in [-0.1, -0.05) is 19.0 Å². The number of nitrogens with zero attached hydrogens (tertiary/aromatic N) is 2. The van der Waals surface area contributed by atoms with Gasteiger partial charge < -0.3 is 20.0 Å². The largest absolute Gasteiger partial charge is 0.395 e. The first-order valence-corrected chi connectivity index (χ1v) is 12.9. The molecule has 0 bridgehead atoms. The molecule has 0 aliphatic heterocycles. The number of hydrogen-bond donors (Lipinski definition) is 2. The second-order valence-electron chi connectivity index (χ2n) is 12.0. The van der Waals surface area contributed by atoms with Crippen molar-refractivity contribution in [2.75, 3.05) is 27.2 Å². The number of fused-ring (bicyclic) bond motifs is 5. The summed E-state index contributed by atoms with van der Waals surface area (Å²) in [5, 5.41) is 26.6. The van der Waals surface area contributed by atoms with E-state index in [0.29, 0.717) is 35.7 Å². The molecule has 4 rings (SSSR count). The van der Waals surface area contributed by atoms with Crippen LogP contribution in [0.4, 0.5) is 0 Å². The Balaban J connectivity index is 1.38. The van der Waals surface area contributed by atoms with Crippen LogP contribution in [0, 0.1) is 34.5 Å². The van der Waals surface area contributed by atoms with Crippen LogP contribution in [0.15, 0.2) is 5.16 Å². The van der Waals surface area contributed by atoms with Crippen LogP contribution in [0.25, 0.3) is 0 Å². The van der Waals surface area contributed by atoms with Crippen LogP contribution in [-0.4, -0.2) is 60.3 Å². The molecule has 4 saturated carbocycles. The van der Waals surface area contributed by atoms with E-state index in [1.807, 2.05) is 20.3 Å². The number of aliphatic hydroxyl groups is 2. The summed E-state index contributed by atoms with van der Waals surface area (Å²) in [5.74, 6) is 2.29. The normalized spacial score (nSPS) is 47.3. The molecule has 4 fully saturated rings. The van der Waals surface area contributed by atoms with Crippen molar-refractivity contribution < 1.29 is 15.1 Å². The van der Waals surface area contributed by atoms with Gasteiger partial charge in [0, 0.05) is 12.8 Å². The zero-order chi connectivity index (χ0) is 22.3. The van der Waals surface area contributed by atoms with Gasteiger partial charge in [0.05, 0.1) is 11.7 Å². The maximum atomic E-state index is 12.2. The van der Waals surface area contributed by atoms with Crippen LogP contribution in [0.2, 0.25) is 0 Å². The summed E-state index contributed by atoms with van der Waals surface area (Å²) in [4.78, 5) is 7.45. The van der Waals surface area contributed by atoms with Crippen molar-refractivity contribution in [3.8, 4) is 0 Å². The lowest BCUT2D eigenvalue weighted by Crippen LogP contribution is -2.62. The van der Waals surface area contributed by atoms with E-state index >= 15 is 0 Å². The molecule has 4 aliphatic rings. The molecule has 0 saturated heterocycles. The van der Waals surface area contributed by atoms with E-state index in [0.717, 1.165) is 64.3 Å². The Labute approximate surface area is 189 Å². The predicted octanol–water partition coefficient (Wildman–Crippen LogP) is 4.47. The SMILES string of the molecule is CN(C)CCO/N=C\CC[C@H]1CC[C@]2(O)[C@@H]3CC[C@@H]4C[C@@H](O)CC[C@]4(C)[C@H]3CC[C@]12C. The van der Waals surface area contributed by atoms with Gasteiger partial charge in [0.1, 0.15) is 6.61 Å². The standard InChI is InChI=1S/C26H46N2O3/c1-24-12-10-21(29)18-20(24)7-8-23-22(24)11-13-25(2)19(9-14-26(23,25)30)6-5-15-27-31-17-16-28(3)4/h15,19-23,29-30H,5-14,16-18H2,1-4H3/b27-15-/t19-,20+,21-,22-,23+,24-,25+,26-/m0/s1. The summed E-state index contributed by atoms with van der Waals surface area (Å²) in [5.41, 5.74) is -0.164. The minimum absolute atomic E-state index is 0.0329. The monoisotopic (exact) mass is 434 g/mol. The number of oxime groups is 1. The molecule has 0 amide bonds. The Morgan fingerprint density at radius 2 is 1.84 bits per heavy atom. The van der Waals surface area contributed by atoms with Crippen molar-refractivity contribution in [2.24, 2.45) is 39.7 Å². The van der Waals surface area contributed by atoms with Gasteiger partial charge in [-0.15, -0.1) is 0 Å². The summed E-state index contributed by atoms with van der Waals surface area (Å²) in [7, 11) is 4.07. The second kappa shape index (κ2) is 8.95. The fourth-order valence-electron chi connectivity index (χ4n) is 8.43. The van der Waals surface area contributed by atoms with E-state index in [1.165, 1.54) is 12.8 Å².